The number of para-hydroxylation sites is 1. The lowest BCUT2D eigenvalue weighted by Gasteiger charge is -2.03. The largest absolute Gasteiger partial charge is 0.425 e. The Kier molecular flexibility index (Phi) is 2.76. The molecule has 0 fully saturated rings. The smallest absolute Gasteiger partial charge is 0.303 e. The van der Waals surface area contributed by atoms with Crippen LogP contribution in [-0.2, 0) is 7.05 Å². The zero-order chi connectivity index (χ0) is 12.3. The summed E-state index contributed by atoms with van der Waals surface area (Å²) in [6, 6.07) is 13.1. The van der Waals surface area contributed by atoms with Crippen molar-refractivity contribution in [2.75, 3.05) is 0 Å². The van der Waals surface area contributed by atoms with E-state index < -0.39 is 0 Å². The van der Waals surface area contributed by atoms with Crippen molar-refractivity contribution >= 4 is 0 Å². The van der Waals surface area contributed by atoms with Crippen LogP contribution in [-0.4, -0.2) is 9.55 Å². The van der Waals surface area contributed by atoms with Gasteiger partial charge in [0.05, 0.1) is 0 Å². The number of hydrogen-bond donors (Lipinski definition) is 0. The van der Waals surface area contributed by atoms with Gasteiger partial charge in [-0.15, -0.1) is 0 Å². The van der Waals surface area contributed by atoms with Crippen LogP contribution < -0.4 is 4.74 Å². The van der Waals surface area contributed by atoms with E-state index in [9.17, 15) is 0 Å². The quantitative estimate of drug-likeness (QED) is 0.781. The second kappa shape index (κ2) is 4.38. The Labute approximate surface area is 98.1 Å². The third-order valence-corrected chi connectivity index (χ3v) is 2.22. The number of nitriles is 2. The van der Waals surface area contributed by atoms with Gasteiger partial charge in [-0.2, -0.15) is 15.5 Å². The summed E-state index contributed by atoms with van der Waals surface area (Å²) in [6.07, 6.45) is 0. The summed E-state index contributed by atoms with van der Waals surface area (Å²) in [6.45, 7) is 0. The van der Waals surface area contributed by atoms with Crippen molar-refractivity contribution in [1.29, 1.82) is 10.5 Å². The Morgan fingerprint density at radius 1 is 1.18 bits per heavy atom. The zero-order valence-electron chi connectivity index (χ0n) is 9.08. The maximum atomic E-state index is 8.89. The third-order valence-electron chi connectivity index (χ3n) is 2.22. The highest BCUT2D eigenvalue weighted by Crippen LogP contribution is 2.21. The van der Waals surface area contributed by atoms with E-state index in [1.54, 1.807) is 19.2 Å². The van der Waals surface area contributed by atoms with Gasteiger partial charge in [-0.1, -0.05) is 18.2 Å². The SMILES string of the molecule is Cn1c(Oc2ccccc2)nc(C#N)c1C#N. The Morgan fingerprint density at radius 2 is 1.88 bits per heavy atom. The standard InChI is InChI=1S/C12H8N4O/c1-16-11(8-14)10(7-13)15-12(16)17-9-5-3-2-4-6-9/h2-6H,1H3. The van der Waals surface area contributed by atoms with E-state index in [2.05, 4.69) is 4.98 Å². The third kappa shape index (κ3) is 1.95. The van der Waals surface area contributed by atoms with Gasteiger partial charge in [0.15, 0.2) is 11.4 Å². The molecule has 0 saturated carbocycles. The molecule has 0 aliphatic carbocycles. The van der Waals surface area contributed by atoms with Crippen molar-refractivity contribution in [3.63, 3.8) is 0 Å². The monoisotopic (exact) mass is 224 g/mol. The molecule has 17 heavy (non-hydrogen) atoms. The summed E-state index contributed by atoms with van der Waals surface area (Å²) in [5.41, 5.74) is 0.263. The van der Waals surface area contributed by atoms with Crippen LogP contribution in [0.15, 0.2) is 30.3 Å². The number of benzene rings is 1. The van der Waals surface area contributed by atoms with E-state index in [0.717, 1.165) is 0 Å². The molecule has 2 rings (SSSR count). The lowest BCUT2D eigenvalue weighted by molar-refractivity contribution is 0.424. The minimum atomic E-state index is 0.0703. The highest BCUT2D eigenvalue weighted by Gasteiger charge is 2.15. The average Bonchev–Trinajstić information content (AvgIpc) is 2.67. The summed E-state index contributed by atoms with van der Waals surface area (Å²) in [5.74, 6) is 0.606. The van der Waals surface area contributed by atoms with E-state index in [4.69, 9.17) is 15.3 Å². The number of imidazole rings is 1. The van der Waals surface area contributed by atoms with Gasteiger partial charge < -0.3 is 4.74 Å². The van der Waals surface area contributed by atoms with Gasteiger partial charge in [0.1, 0.15) is 17.9 Å². The predicted molar refractivity (Wildman–Crippen MR) is 59.2 cm³/mol. The van der Waals surface area contributed by atoms with Crippen LogP contribution in [0.5, 0.6) is 11.8 Å². The first kappa shape index (κ1) is 10.7. The fourth-order valence-electron chi connectivity index (χ4n) is 1.37. The molecule has 0 radical (unpaired) electrons. The lowest BCUT2D eigenvalue weighted by Crippen LogP contribution is -1.96. The van der Waals surface area contributed by atoms with Crippen LogP contribution in [0.3, 0.4) is 0 Å². The van der Waals surface area contributed by atoms with Crippen LogP contribution in [0, 0.1) is 22.7 Å². The van der Waals surface area contributed by atoms with Gasteiger partial charge >= 0.3 is 6.01 Å². The zero-order valence-corrected chi connectivity index (χ0v) is 9.08. The van der Waals surface area contributed by atoms with Crippen molar-refractivity contribution in [2.45, 2.75) is 0 Å². The second-order valence-corrected chi connectivity index (χ2v) is 3.29. The normalized spacial score (nSPS) is 9.35. The molecule has 1 aromatic heterocycles. The van der Waals surface area contributed by atoms with Crippen molar-refractivity contribution in [1.82, 2.24) is 9.55 Å². The van der Waals surface area contributed by atoms with E-state index >= 15 is 0 Å². The number of hydrogen-bond acceptors (Lipinski definition) is 4. The van der Waals surface area contributed by atoms with E-state index in [1.165, 1.54) is 4.57 Å². The van der Waals surface area contributed by atoms with Crippen molar-refractivity contribution in [3.8, 4) is 23.9 Å². The molecule has 2 aromatic rings. The van der Waals surface area contributed by atoms with Crippen LogP contribution in [0.25, 0.3) is 0 Å². The molecule has 5 nitrogen and oxygen atoms in total. The highest BCUT2D eigenvalue weighted by molar-refractivity contribution is 5.40. The molecule has 1 heterocycles. The van der Waals surface area contributed by atoms with Gasteiger partial charge in [0.2, 0.25) is 0 Å². The number of nitrogens with zero attached hydrogens (tertiary/aromatic N) is 4. The van der Waals surface area contributed by atoms with Gasteiger partial charge in [-0.05, 0) is 12.1 Å². The molecule has 0 bridgehead atoms. The first-order chi connectivity index (χ1) is 8.26. The predicted octanol–water partition coefficient (Wildman–Crippen LogP) is 1.96. The summed E-state index contributed by atoms with van der Waals surface area (Å²) in [7, 11) is 1.63. The Balaban J connectivity index is 2.39. The highest BCUT2D eigenvalue weighted by atomic mass is 16.5. The summed E-state index contributed by atoms with van der Waals surface area (Å²) in [4.78, 5) is 3.95. The van der Waals surface area contributed by atoms with Crippen LogP contribution in [0.1, 0.15) is 11.4 Å². The molecule has 82 valence electrons. The van der Waals surface area contributed by atoms with Gasteiger partial charge in [-0.3, -0.25) is 4.57 Å². The lowest BCUT2D eigenvalue weighted by atomic mass is 10.3. The minimum absolute atomic E-state index is 0.0703. The maximum absolute atomic E-state index is 8.89. The molecule has 5 heteroatoms. The summed E-state index contributed by atoms with van der Waals surface area (Å²) >= 11 is 0. The van der Waals surface area contributed by atoms with Gasteiger partial charge in [-0.25, -0.2) is 0 Å². The fourth-order valence-corrected chi connectivity index (χ4v) is 1.37. The maximum Gasteiger partial charge on any atom is 0.303 e. The molecular weight excluding hydrogens is 216 g/mol. The van der Waals surface area contributed by atoms with Crippen molar-refractivity contribution < 1.29 is 4.74 Å². The minimum Gasteiger partial charge on any atom is -0.425 e. The van der Waals surface area contributed by atoms with Crippen LogP contribution >= 0.6 is 0 Å². The molecular formula is C12H8N4O. The molecule has 0 atom stereocenters. The van der Waals surface area contributed by atoms with Crippen LogP contribution in [0.2, 0.25) is 0 Å². The molecule has 0 spiro atoms. The summed E-state index contributed by atoms with van der Waals surface area (Å²) in [5, 5.41) is 17.7. The average molecular weight is 224 g/mol. The Hall–Kier alpha value is -2.79. The van der Waals surface area contributed by atoms with Gasteiger partial charge in [0, 0.05) is 7.05 Å². The first-order valence-electron chi connectivity index (χ1n) is 4.86. The number of rotatable bonds is 2. The summed E-state index contributed by atoms with van der Waals surface area (Å²) < 4.78 is 6.93. The number of aromatic nitrogens is 2. The molecule has 1 aromatic carbocycles. The molecule has 0 N–H and O–H groups in total. The Morgan fingerprint density at radius 3 is 2.41 bits per heavy atom. The first-order valence-corrected chi connectivity index (χ1v) is 4.86. The second-order valence-electron chi connectivity index (χ2n) is 3.29. The molecule has 0 aliphatic heterocycles. The molecule has 0 saturated heterocycles. The Bertz CT molecular complexity index is 616. The van der Waals surface area contributed by atoms with E-state index in [0.29, 0.717) is 5.75 Å². The van der Waals surface area contributed by atoms with E-state index in [-0.39, 0.29) is 17.4 Å². The van der Waals surface area contributed by atoms with Crippen molar-refractivity contribution in [3.05, 3.63) is 41.7 Å². The molecule has 0 amide bonds. The topological polar surface area (TPSA) is 74.6 Å². The van der Waals surface area contributed by atoms with Crippen LogP contribution in [0.4, 0.5) is 0 Å². The van der Waals surface area contributed by atoms with Gasteiger partial charge in [0.25, 0.3) is 0 Å². The molecule has 0 aliphatic rings. The van der Waals surface area contributed by atoms with E-state index in [1.807, 2.05) is 30.3 Å². The fraction of sp³-hybridized carbons (Fsp3) is 0.0833. The molecule has 0 unspecified atom stereocenters. The number of ether oxygens (including phenoxy) is 1. The van der Waals surface area contributed by atoms with Crippen molar-refractivity contribution in [2.24, 2.45) is 7.05 Å².